The van der Waals surface area contributed by atoms with E-state index < -0.39 is 0 Å². The van der Waals surface area contributed by atoms with Crippen LogP contribution in [0, 0.1) is 13.8 Å². The minimum atomic E-state index is -0.270. The zero-order valence-corrected chi connectivity index (χ0v) is 16.7. The Labute approximate surface area is 167 Å². The van der Waals surface area contributed by atoms with E-state index in [1.165, 1.54) is 11.3 Å². The lowest BCUT2D eigenvalue weighted by atomic mass is 10.2. The van der Waals surface area contributed by atoms with Crippen molar-refractivity contribution in [2.24, 2.45) is 5.10 Å². The molecule has 0 bridgehead atoms. The lowest BCUT2D eigenvalue weighted by Crippen LogP contribution is -2.17. The van der Waals surface area contributed by atoms with Crippen molar-refractivity contribution < 1.29 is 14.3 Å². The van der Waals surface area contributed by atoms with E-state index in [0.29, 0.717) is 28.7 Å². The molecule has 7 heteroatoms. The van der Waals surface area contributed by atoms with Crippen molar-refractivity contribution in [3.8, 4) is 11.5 Å². The monoisotopic (exact) mass is 395 g/mol. The van der Waals surface area contributed by atoms with Crippen molar-refractivity contribution in [1.82, 2.24) is 10.4 Å². The molecule has 2 aromatic carbocycles. The molecule has 1 N–H and O–H groups in total. The molecule has 0 atom stereocenters. The molecule has 0 fully saturated rings. The van der Waals surface area contributed by atoms with E-state index in [1.54, 1.807) is 19.4 Å². The van der Waals surface area contributed by atoms with Gasteiger partial charge in [-0.3, -0.25) is 4.79 Å². The number of methoxy groups -OCH3 is 1. The van der Waals surface area contributed by atoms with Crippen molar-refractivity contribution in [2.75, 3.05) is 7.11 Å². The molecular weight excluding hydrogens is 374 g/mol. The number of rotatable bonds is 7. The molecule has 144 valence electrons. The summed E-state index contributed by atoms with van der Waals surface area (Å²) in [5, 5.41) is 4.89. The summed E-state index contributed by atoms with van der Waals surface area (Å²) in [6.07, 6.45) is 1.57. The summed E-state index contributed by atoms with van der Waals surface area (Å²) in [7, 11) is 1.60. The summed E-state index contributed by atoms with van der Waals surface area (Å²) in [6.45, 7) is 4.10. The second-order valence-corrected chi connectivity index (χ2v) is 7.23. The van der Waals surface area contributed by atoms with Gasteiger partial charge in [0.05, 0.1) is 24.0 Å². The highest BCUT2D eigenvalue weighted by Crippen LogP contribution is 2.28. The molecule has 1 aromatic heterocycles. The summed E-state index contributed by atoms with van der Waals surface area (Å²) in [5.74, 6) is 0.969. The van der Waals surface area contributed by atoms with Crippen LogP contribution in [0.4, 0.5) is 0 Å². The van der Waals surface area contributed by atoms with Crippen LogP contribution < -0.4 is 14.9 Å². The molecule has 28 heavy (non-hydrogen) atoms. The minimum absolute atomic E-state index is 0.270. The van der Waals surface area contributed by atoms with E-state index in [-0.39, 0.29) is 5.91 Å². The van der Waals surface area contributed by atoms with Crippen LogP contribution in [0.3, 0.4) is 0 Å². The van der Waals surface area contributed by atoms with Crippen LogP contribution in [0.25, 0.3) is 0 Å². The number of carbonyl (C=O) groups excluding carboxylic acids is 1. The lowest BCUT2D eigenvalue weighted by Gasteiger charge is -2.11. The molecular formula is C21H21N3O3S. The highest BCUT2D eigenvalue weighted by Gasteiger charge is 2.12. The number of hydrazone groups is 1. The second kappa shape index (κ2) is 9.14. The summed E-state index contributed by atoms with van der Waals surface area (Å²) in [6, 6.07) is 15.4. The maximum atomic E-state index is 12.2. The fraction of sp³-hybridized carbons (Fsp3) is 0.190. The number of hydrogen-bond donors (Lipinski definition) is 1. The Morgan fingerprint density at radius 3 is 2.64 bits per heavy atom. The lowest BCUT2D eigenvalue weighted by molar-refractivity contribution is 0.0958. The van der Waals surface area contributed by atoms with Gasteiger partial charge in [0.15, 0.2) is 11.5 Å². The maximum absolute atomic E-state index is 12.2. The number of amides is 1. The summed E-state index contributed by atoms with van der Waals surface area (Å²) in [4.78, 5) is 17.0. The predicted molar refractivity (Wildman–Crippen MR) is 110 cm³/mol. The highest BCUT2D eigenvalue weighted by molar-refractivity contribution is 7.13. The fourth-order valence-corrected chi connectivity index (χ4v) is 3.39. The molecule has 0 aliphatic heterocycles. The third-order valence-electron chi connectivity index (χ3n) is 3.91. The van der Waals surface area contributed by atoms with Gasteiger partial charge in [-0.2, -0.15) is 5.10 Å². The first-order chi connectivity index (χ1) is 13.6. The van der Waals surface area contributed by atoms with Gasteiger partial charge in [0, 0.05) is 0 Å². The Balaban J connectivity index is 1.67. The average molecular weight is 395 g/mol. The number of hydrogen-bond acceptors (Lipinski definition) is 6. The topological polar surface area (TPSA) is 72.8 Å². The van der Waals surface area contributed by atoms with Gasteiger partial charge in [-0.05, 0) is 43.2 Å². The van der Waals surface area contributed by atoms with Crippen LogP contribution in [-0.2, 0) is 6.61 Å². The van der Waals surface area contributed by atoms with Gasteiger partial charge >= 0.3 is 0 Å². The Hall–Kier alpha value is -3.19. The van der Waals surface area contributed by atoms with Gasteiger partial charge in [-0.25, -0.2) is 10.4 Å². The highest BCUT2D eigenvalue weighted by atomic mass is 32.1. The Bertz CT molecular complexity index is 984. The van der Waals surface area contributed by atoms with E-state index >= 15 is 0 Å². The number of carbonyl (C=O) groups is 1. The number of aromatic nitrogens is 1. The smallest absolute Gasteiger partial charge is 0.283 e. The standard InChI is InChI=1S/C21H21N3O3S/c1-14-20(28-15(2)23-14)21(25)24-22-12-17-9-10-18(26-3)19(11-17)27-13-16-7-5-4-6-8-16/h4-12H,13H2,1-3H3,(H,24,25)/b22-12+. The molecule has 0 radical (unpaired) electrons. The van der Waals surface area contributed by atoms with E-state index in [4.69, 9.17) is 9.47 Å². The van der Waals surface area contributed by atoms with Gasteiger partial charge < -0.3 is 9.47 Å². The third-order valence-corrected chi connectivity index (χ3v) is 4.99. The molecule has 0 aliphatic rings. The first-order valence-electron chi connectivity index (χ1n) is 8.69. The van der Waals surface area contributed by atoms with Crippen LogP contribution >= 0.6 is 11.3 Å². The van der Waals surface area contributed by atoms with Crippen LogP contribution in [0.1, 0.15) is 31.5 Å². The molecule has 1 heterocycles. The van der Waals surface area contributed by atoms with E-state index in [0.717, 1.165) is 16.1 Å². The van der Waals surface area contributed by atoms with Crippen LogP contribution in [0.2, 0.25) is 0 Å². The quantitative estimate of drug-likeness (QED) is 0.483. The summed E-state index contributed by atoms with van der Waals surface area (Å²) >= 11 is 1.35. The number of thiazole rings is 1. The molecule has 3 rings (SSSR count). The van der Waals surface area contributed by atoms with Crippen LogP contribution in [0.15, 0.2) is 53.6 Å². The normalized spacial score (nSPS) is 10.8. The molecule has 0 unspecified atom stereocenters. The SMILES string of the molecule is COc1ccc(/C=N/NC(=O)c2sc(C)nc2C)cc1OCc1ccccc1. The minimum Gasteiger partial charge on any atom is -0.493 e. The Kier molecular flexibility index (Phi) is 6.39. The van der Waals surface area contributed by atoms with Crippen molar-refractivity contribution in [3.05, 3.63) is 75.2 Å². The molecule has 6 nitrogen and oxygen atoms in total. The molecule has 1 amide bonds. The maximum Gasteiger partial charge on any atom is 0.283 e. The molecule has 3 aromatic rings. The van der Waals surface area contributed by atoms with Gasteiger partial charge in [-0.1, -0.05) is 30.3 Å². The Morgan fingerprint density at radius 2 is 1.96 bits per heavy atom. The van der Waals surface area contributed by atoms with Gasteiger partial charge in [0.1, 0.15) is 11.5 Å². The molecule has 0 saturated carbocycles. The van der Waals surface area contributed by atoms with E-state index in [9.17, 15) is 4.79 Å². The van der Waals surface area contributed by atoms with Crippen molar-refractivity contribution in [1.29, 1.82) is 0 Å². The van der Waals surface area contributed by atoms with Crippen LogP contribution in [-0.4, -0.2) is 24.2 Å². The number of ether oxygens (including phenoxy) is 2. The Morgan fingerprint density at radius 1 is 1.18 bits per heavy atom. The van der Waals surface area contributed by atoms with E-state index in [1.807, 2.05) is 56.3 Å². The number of benzene rings is 2. The van der Waals surface area contributed by atoms with Gasteiger partial charge in [0.25, 0.3) is 5.91 Å². The predicted octanol–water partition coefficient (Wildman–Crippen LogP) is 4.11. The van der Waals surface area contributed by atoms with Crippen LogP contribution in [0.5, 0.6) is 11.5 Å². The number of nitrogens with zero attached hydrogens (tertiary/aromatic N) is 2. The zero-order valence-electron chi connectivity index (χ0n) is 15.9. The molecule has 0 saturated heterocycles. The largest absolute Gasteiger partial charge is 0.493 e. The average Bonchev–Trinajstić information content (AvgIpc) is 3.05. The third kappa shape index (κ3) is 4.95. The van der Waals surface area contributed by atoms with Gasteiger partial charge in [0.2, 0.25) is 0 Å². The van der Waals surface area contributed by atoms with Gasteiger partial charge in [-0.15, -0.1) is 11.3 Å². The summed E-state index contributed by atoms with van der Waals surface area (Å²) < 4.78 is 11.2. The zero-order chi connectivity index (χ0) is 19.9. The van der Waals surface area contributed by atoms with Crippen molar-refractivity contribution in [3.63, 3.8) is 0 Å². The fourth-order valence-electron chi connectivity index (χ4n) is 2.58. The number of aryl methyl sites for hydroxylation is 2. The van der Waals surface area contributed by atoms with Crippen molar-refractivity contribution in [2.45, 2.75) is 20.5 Å². The molecule has 0 aliphatic carbocycles. The number of nitrogens with one attached hydrogen (secondary N) is 1. The van der Waals surface area contributed by atoms with E-state index in [2.05, 4.69) is 15.5 Å². The summed E-state index contributed by atoms with van der Waals surface area (Å²) in [5.41, 5.74) is 5.08. The molecule has 0 spiro atoms. The first kappa shape index (κ1) is 19.6. The first-order valence-corrected chi connectivity index (χ1v) is 9.50. The van der Waals surface area contributed by atoms with Crippen molar-refractivity contribution >= 4 is 23.5 Å². The second-order valence-electron chi connectivity index (χ2n) is 6.03.